The second-order valence-electron chi connectivity index (χ2n) is 4.36. The van der Waals surface area contributed by atoms with Crippen LogP contribution in [0.2, 0.25) is 0 Å². The molecule has 19 heavy (non-hydrogen) atoms. The van der Waals surface area contributed by atoms with Crippen LogP contribution >= 0.6 is 0 Å². The van der Waals surface area contributed by atoms with Crippen molar-refractivity contribution in [1.29, 1.82) is 0 Å². The highest BCUT2D eigenvalue weighted by Gasteiger charge is 2.24. The molecule has 1 fully saturated rings. The molecule has 2 unspecified atom stereocenters. The van der Waals surface area contributed by atoms with Gasteiger partial charge in [0.15, 0.2) is 0 Å². The lowest BCUT2D eigenvalue weighted by Crippen LogP contribution is -2.44. The molecule has 0 aliphatic carbocycles. The number of ether oxygens (including phenoxy) is 1. The van der Waals surface area contributed by atoms with Crippen molar-refractivity contribution in [1.82, 2.24) is 16.0 Å². The van der Waals surface area contributed by atoms with Crippen molar-refractivity contribution in [3.8, 4) is 0 Å². The standard InChI is InChI=1S/C11H19N3O5/c1-7-8(2-3-19-7)4-13-11(18)14-5-9(15)12-6-10(16)17/h7-8H,2-6H2,1H3,(H,12,15)(H,16,17)(H2,13,14,18). The van der Waals surface area contributed by atoms with Gasteiger partial charge in [-0.3, -0.25) is 9.59 Å². The molecule has 0 spiro atoms. The van der Waals surface area contributed by atoms with E-state index in [-0.39, 0.29) is 18.6 Å². The molecule has 1 aliphatic heterocycles. The molecule has 0 aromatic carbocycles. The predicted molar refractivity (Wildman–Crippen MR) is 65.6 cm³/mol. The number of hydrogen-bond donors (Lipinski definition) is 4. The van der Waals surface area contributed by atoms with E-state index in [1.54, 1.807) is 0 Å². The average Bonchev–Trinajstić information content (AvgIpc) is 2.77. The van der Waals surface area contributed by atoms with Crippen LogP contribution in [0.5, 0.6) is 0 Å². The number of carbonyl (C=O) groups is 3. The van der Waals surface area contributed by atoms with Crippen molar-refractivity contribution in [2.75, 3.05) is 26.2 Å². The summed E-state index contributed by atoms with van der Waals surface area (Å²) < 4.78 is 5.36. The zero-order valence-electron chi connectivity index (χ0n) is 10.8. The highest BCUT2D eigenvalue weighted by molar-refractivity contribution is 5.86. The van der Waals surface area contributed by atoms with Crippen LogP contribution in [0.25, 0.3) is 0 Å². The van der Waals surface area contributed by atoms with Crippen LogP contribution in [0.15, 0.2) is 0 Å². The molecule has 3 amide bonds. The Morgan fingerprint density at radius 3 is 2.53 bits per heavy atom. The van der Waals surface area contributed by atoms with Crippen molar-refractivity contribution in [3.63, 3.8) is 0 Å². The Balaban J connectivity index is 2.10. The Morgan fingerprint density at radius 1 is 1.21 bits per heavy atom. The summed E-state index contributed by atoms with van der Waals surface area (Å²) in [5.74, 6) is -1.39. The van der Waals surface area contributed by atoms with Gasteiger partial charge in [-0.2, -0.15) is 0 Å². The van der Waals surface area contributed by atoms with Crippen molar-refractivity contribution in [2.45, 2.75) is 19.4 Å². The van der Waals surface area contributed by atoms with Gasteiger partial charge in [0.2, 0.25) is 5.91 Å². The van der Waals surface area contributed by atoms with E-state index in [4.69, 9.17) is 9.84 Å². The molecule has 0 aromatic rings. The first-order valence-corrected chi connectivity index (χ1v) is 6.11. The largest absolute Gasteiger partial charge is 0.480 e. The van der Waals surface area contributed by atoms with Gasteiger partial charge in [-0.05, 0) is 13.3 Å². The summed E-state index contributed by atoms with van der Waals surface area (Å²) in [5, 5.41) is 15.5. The van der Waals surface area contributed by atoms with E-state index in [1.807, 2.05) is 6.92 Å². The Kier molecular flexibility index (Phi) is 6.07. The third-order valence-corrected chi connectivity index (χ3v) is 2.90. The van der Waals surface area contributed by atoms with Gasteiger partial charge in [0.25, 0.3) is 0 Å². The first-order valence-electron chi connectivity index (χ1n) is 6.11. The van der Waals surface area contributed by atoms with Gasteiger partial charge in [0, 0.05) is 19.1 Å². The topological polar surface area (TPSA) is 117 Å². The molecular weight excluding hydrogens is 254 g/mol. The van der Waals surface area contributed by atoms with Crippen LogP contribution in [0.3, 0.4) is 0 Å². The summed E-state index contributed by atoms with van der Waals surface area (Å²) in [6.07, 6.45) is 1.03. The minimum absolute atomic E-state index is 0.124. The molecule has 108 valence electrons. The number of hydrogen-bond acceptors (Lipinski definition) is 4. The normalized spacial score (nSPS) is 21.7. The van der Waals surface area contributed by atoms with E-state index in [2.05, 4.69) is 16.0 Å². The quantitative estimate of drug-likeness (QED) is 0.490. The molecule has 4 N–H and O–H groups in total. The van der Waals surface area contributed by atoms with E-state index < -0.39 is 24.5 Å². The van der Waals surface area contributed by atoms with Crippen LogP contribution in [0.1, 0.15) is 13.3 Å². The van der Waals surface area contributed by atoms with E-state index in [0.29, 0.717) is 13.2 Å². The summed E-state index contributed by atoms with van der Waals surface area (Å²) >= 11 is 0. The molecule has 1 rings (SSSR count). The molecule has 1 heterocycles. The number of amides is 3. The molecular formula is C11H19N3O5. The Bertz CT molecular complexity index is 347. The number of aliphatic carboxylic acids is 1. The summed E-state index contributed by atoms with van der Waals surface area (Å²) in [6, 6.07) is -0.454. The molecule has 0 bridgehead atoms. The summed E-state index contributed by atoms with van der Waals surface area (Å²) in [4.78, 5) is 32.7. The van der Waals surface area contributed by atoms with Gasteiger partial charge >= 0.3 is 12.0 Å². The van der Waals surface area contributed by atoms with Gasteiger partial charge in [0.1, 0.15) is 6.54 Å². The number of carboxylic acid groups (broad SMARTS) is 1. The highest BCUT2D eigenvalue weighted by Crippen LogP contribution is 2.18. The molecule has 1 saturated heterocycles. The van der Waals surface area contributed by atoms with Gasteiger partial charge in [-0.25, -0.2) is 4.79 Å². The van der Waals surface area contributed by atoms with E-state index in [9.17, 15) is 14.4 Å². The van der Waals surface area contributed by atoms with Crippen molar-refractivity contribution in [3.05, 3.63) is 0 Å². The summed E-state index contributed by atoms with van der Waals surface area (Å²) in [7, 11) is 0. The zero-order chi connectivity index (χ0) is 14.3. The fourth-order valence-corrected chi connectivity index (χ4v) is 1.73. The van der Waals surface area contributed by atoms with E-state index in [1.165, 1.54) is 0 Å². The Hall–Kier alpha value is -1.83. The third kappa shape index (κ3) is 6.05. The van der Waals surface area contributed by atoms with Gasteiger partial charge in [0.05, 0.1) is 12.6 Å². The molecule has 1 aliphatic rings. The first-order chi connectivity index (χ1) is 8.99. The fourth-order valence-electron chi connectivity index (χ4n) is 1.73. The maximum absolute atomic E-state index is 11.4. The predicted octanol–water partition coefficient (Wildman–Crippen LogP) is -1.09. The first kappa shape index (κ1) is 15.2. The maximum Gasteiger partial charge on any atom is 0.322 e. The molecule has 2 atom stereocenters. The van der Waals surface area contributed by atoms with Crippen LogP contribution < -0.4 is 16.0 Å². The molecule has 8 nitrogen and oxygen atoms in total. The van der Waals surface area contributed by atoms with Crippen molar-refractivity contribution >= 4 is 17.9 Å². The van der Waals surface area contributed by atoms with Crippen molar-refractivity contribution < 1.29 is 24.2 Å². The highest BCUT2D eigenvalue weighted by atomic mass is 16.5. The van der Waals surface area contributed by atoms with Gasteiger partial charge in [-0.15, -0.1) is 0 Å². The fraction of sp³-hybridized carbons (Fsp3) is 0.727. The lowest BCUT2D eigenvalue weighted by atomic mass is 10.0. The third-order valence-electron chi connectivity index (χ3n) is 2.90. The number of rotatable bonds is 6. The zero-order valence-corrected chi connectivity index (χ0v) is 10.8. The minimum Gasteiger partial charge on any atom is -0.480 e. The minimum atomic E-state index is -1.13. The Morgan fingerprint density at radius 2 is 1.95 bits per heavy atom. The molecule has 0 saturated carbocycles. The van der Waals surface area contributed by atoms with E-state index in [0.717, 1.165) is 6.42 Å². The van der Waals surface area contributed by atoms with Crippen LogP contribution in [-0.4, -0.2) is 55.4 Å². The molecule has 0 aromatic heterocycles. The molecule has 8 heteroatoms. The summed E-state index contributed by atoms with van der Waals surface area (Å²) in [5.41, 5.74) is 0. The molecule has 0 radical (unpaired) electrons. The lowest BCUT2D eigenvalue weighted by Gasteiger charge is -2.15. The van der Waals surface area contributed by atoms with Gasteiger partial charge < -0.3 is 25.8 Å². The maximum atomic E-state index is 11.4. The van der Waals surface area contributed by atoms with Crippen LogP contribution in [-0.2, 0) is 14.3 Å². The average molecular weight is 273 g/mol. The second-order valence-corrected chi connectivity index (χ2v) is 4.36. The number of carboxylic acids is 1. The number of carbonyl (C=O) groups excluding carboxylic acids is 2. The number of nitrogens with one attached hydrogen (secondary N) is 3. The van der Waals surface area contributed by atoms with Crippen LogP contribution in [0, 0.1) is 5.92 Å². The Labute approximate surface area is 110 Å². The lowest BCUT2D eigenvalue weighted by molar-refractivity contribution is -0.137. The van der Waals surface area contributed by atoms with Crippen molar-refractivity contribution in [2.24, 2.45) is 5.92 Å². The van der Waals surface area contributed by atoms with Crippen LogP contribution in [0.4, 0.5) is 4.79 Å². The number of urea groups is 1. The van der Waals surface area contributed by atoms with Gasteiger partial charge in [-0.1, -0.05) is 0 Å². The SMILES string of the molecule is CC1OCCC1CNC(=O)NCC(=O)NCC(=O)O. The monoisotopic (exact) mass is 273 g/mol. The second kappa shape index (κ2) is 7.57. The summed E-state index contributed by atoms with van der Waals surface area (Å²) in [6.45, 7) is 2.43. The smallest absolute Gasteiger partial charge is 0.322 e. The van der Waals surface area contributed by atoms with E-state index >= 15 is 0 Å².